The van der Waals surface area contributed by atoms with Crippen molar-refractivity contribution in [2.24, 2.45) is 0 Å². The zero-order chi connectivity index (χ0) is 11.1. The minimum Gasteiger partial charge on any atom is -0.310 e. The Hall–Kier alpha value is -0.780. The second-order valence-electron chi connectivity index (χ2n) is 4.44. The van der Waals surface area contributed by atoms with Gasteiger partial charge in [-0.1, -0.05) is 17.6 Å². The van der Waals surface area contributed by atoms with Crippen LogP contribution < -0.4 is 5.32 Å². The van der Waals surface area contributed by atoms with E-state index in [1.807, 2.05) is 0 Å². The third kappa shape index (κ3) is 5.01. The normalized spacial score (nSPS) is 18.5. The van der Waals surface area contributed by atoms with Gasteiger partial charge in [0.05, 0.1) is 6.54 Å². The van der Waals surface area contributed by atoms with E-state index in [4.69, 9.17) is 6.42 Å². The molecule has 0 aromatic heterocycles. The molecule has 0 atom stereocenters. The van der Waals surface area contributed by atoms with Crippen LogP contribution in [0.2, 0.25) is 0 Å². The highest BCUT2D eigenvalue weighted by molar-refractivity contribution is 4.95. The van der Waals surface area contributed by atoms with Crippen LogP contribution in [0.4, 0.5) is 0 Å². The summed E-state index contributed by atoms with van der Waals surface area (Å²) in [4.78, 5) is 2.35. The Balaban J connectivity index is 2.15. The fourth-order valence-corrected chi connectivity index (χ4v) is 1.85. The van der Waals surface area contributed by atoms with Crippen molar-refractivity contribution in [3.8, 4) is 12.3 Å². The summed E-state index contributed by atoms with van der Waals surface area (Å²) in [7, 11) is 0. The molecule has 15 heavy (non-hydrogen) atoms. The third-order valence-corrected chi connectivity index (χ3v) is 2.82. The number of nitrogens with zero attached hydrogens (tertiary/aromatic N) is 1. The molecule has 0 aromatic rings. The van der Waals surface area contributed by atoms with Gasteiger partial charge in [-0.25, -0.2) is 0 Å². The van der Waals surface area contributed by atoms with Crippen LogP contribution in [-0.4, -0.2) is 37.1 Å². The van der Waals surface area contributed by atoms with E-state index in [9.17, 15) is 0 Å². The van der Waals surface area contributed by atoms with Crippen molar-refractivity contribution in [1.82, 2.24) is 10.2 Å². The Morgan fingerprint density at radius 2 is 2.13 bits per heavy atom. The summed E-state index contributed by atoms with van der Waals surface area (Å²) in [5.41, 5.74) is 1.38. The van der Waals surface area contributed by atoms with Gasteiger partial charge in [0, 0.05) is 25.7 Å². The first-order valence-electron chi connectivity index (χ1n) is 5.75. The van der Waals surface area contributed by atoms with E-state index >= 15 is 0 Å². The maximum Gasteiger partial charge on any atom is 0.0598 e. The molecule has 0 aromatic carbocycles. The lowest BCUT2D eigenvalue weighted by Crippen LogP contribution is -2.42. The van der Waals surface area contributed by atoms with E-state index in [1.165, 1.54) is 18.4 Å². The van der Waals surface area contributed by atoms with Crippen LogP contribution in [0.25, 0.3) is 0 Å². The topological polar surface area (TPSA) is 15.3 Å². The Labute approximate surface area is 93.7 Å². The molecule has 0 aliphatic carbocycles. The van der Waals surface area contributed by atoms with Crippen LogP contribution in [0.15, 0.2) is 11.6 Å². The second-order valence-corrected chi connectivity index (χ2v) is 4.44. The van der Waals surface area contributed by atoms with Crippen molar-refractivity contribution in [1.29, 1.82) is 0 Å². The third-order valence-electron chi connectivity index (χ3n) is 2.82. The molecule has 0 spiro atoms. The summed E-state index contributed by atoms with van der Waals surface area (Å²) in [5.74, 6) is 2.71. The molecule has 0 bridgehead atoms. The molecule has 1 saturated heterocycles. The summed E-state index contributed by atoms with van der Waals surface area (Å²) in [5, 5.41) is 3.56. The lowest BCUT2D eigenvalue weighted by molar-refractivity contribution is 0.220. The summed E-state index contributed by atoms with van der Waals surface area (Å²) < 4.78 is 0. The number of piperidine rings is 1. The maximum atomic E-state index is 5.29. The molecule has 0 saturated carbocycles. The van der Waals surface area contributed by atoms with E-state index in [0.717, 1.165) is 26.2 Å². The van der Waals surface area contributed by atoms with Crippen molar-refractivity contribution in [2.45, 2.75) is 32.7 Å². The fraction of sp³-hybridized carbons (Fsp3) is 0.692. The summed E-state index contributed by atoms with van der Waals surface area (Å²) >= 11 is 0. The molecular formula is C13H22N2. The highest BCUT2D eigenvalue weighted by Crippen LogP contribution is 2.09. The molecule has 1 rings (SSSR count). The van der Waals surface area contributed by atoms with Gasteiger partial charge in [0.25, 0.3) is 0 Å². The molecular weight excluding hydrogens is 184 g/mol. The molecule has 84 valence electrons. The number of hydrogen-bond acceptors (Lipinski definition) is 2. The van der Waals surface area contributed by atoms with Crippen LogP contribution in [0.1, 0.15) is 26.7 Å². The lowest BCUT2D eigenvalue weighted by Gasteiger charge is -2.30. The Kier molecular flexibility index (Phi) is 5.45. The predicted molar refractivity (Wildman–Crippen MR) is 65.7 cm³/mol. The van der Waals surface area contributed by atoms with Crippen molar-refractivity contribution >= 4 is 0 Å². The fourth-order valence-electron chi connectivity index (χ4n) is 1.85. The van der Waals surface area contributed by atoms with Gasteiger partial charge >= 0.3 is 0 Å². The Morgan fingerprint density at radius 1 is 1.47 bits per heavy atom. The Bertz CT molecular complexity index is 238. The van der Waals surface area contributed by atoms with Crippen LogP contribution >= 0.6 is 0 Å². The minimum absolute atomic E-state index is 0.676. The van der Waals surface area contributed by atoms with Crippen molar-refractivity contribution in [3.63, 3.8) is 0 Å². The van der Waals surface area contributed by atoms with Gasteiger partial charge in [-0.3, -0.25) is 4.90 Å². The first-order chi connectivity index (χ1) is 7.22. The quantitative estimate of drug-likeness (QED) is 0.556. The molecule has 1 N–H and O–H groups in total. The minimum atomic E-state index is 0.676. The van der Waals surface area contributed by atoms with Crippen molar-refractivity contribution < 1.29 is 0 Å². The molecule has 1 aliphatic rings. The maximum absolute atomic E-state index is 5.29. The second kappa shape index (κ2) is 6.66. The summed E-state index contributed by atoms with van der Waals surface area (Å²) in [6.45, 7) is 8.35. The van der Waals surface area contributed by atoms with E-state index in [0.29, 0.717) is 6.04 Å². The van der Waals surface area contributed by atoms with Crippen LogP contribution in [0.3, 0.4) is 0 Å². The van der Waals surface area contributed by atoms with Crippen LogP contribution in [0.5, 0.6) is 0 Å². The number of terminal acetylenes is 1. The zero-order valence-electron chi connectivity index (χ0n) is 9.92. The van der Waals surface area contributed by atoms with Gasteiger partial charge in [-0.05, 0) is 26.7 Å². The van der Waals surface area contributed by atoms with Gasteiger partial charge in [0.2, 0.25) is 0 Å². The lowest BCUT2D eigenvalue weighted by atomic mass is 10.1. The van der Waals surface area contributed by atoms with Crippen LogP contribution in [0, 0.1) is 12.3 Å². The van der Waals surface area contributed by atoms with Gasteiger partial charge in [-0.15, -0.1) is 6.42 Å². The largest absolute Gasteiger partial charge is 0.310 e. The molecule has 0 unspecified atom stereocenters. The van der Waals surface area contributed by atoms with E-state index in [-0.39, 0.29) is 0 Å². The molecule has 0 amide bonds. The molecule has 2 nitrogen and oxygen atoms in total. The number of nitrogens with one attached hydrogen (secondary N) is 1. The number of rotatable bonds is 4. The zero-order valence-corrected chi connectivity index (χ0v) is 9.92. The number of likely N-dealkylation sites (tertiary alicyclic amines) is 1. The van der Waals surface area contributed by atoms with Gasteiger partial charge in [0.15, 0.2) is 0 Å². The van der Waals surface area contributed by atoms with Crippen molar-refractivity contribution in [3.05, 3.63) is 11.6 Å². The van der Waals surface area contributed by atoms with Crippen LogP contribution in [-0.2, 0) is 0 Å². The van der Waals surface area contributed by atoms with Gasteiger partial charge in [0.1, 0.15) is 0 Å². The number of allylic oxidation sites excluding steroid dienone is 1. The van der Waals surface area contributed by atoms with Crippen molar-refractivity contribution in [2.75, 3.05) is 26.2 Å². The molecule has 2 heteroatoms. The average molecular weight is 206 g/mol. The highest BCUT2D eigenvalue weighted by Gasteiger charge is 2.16. The van der Waals surface area contributed by atoms with E-state index in [2.05, 4.69) is 36.1 Å². The average Bonchev–Trinajstić information content (AvgIpc) is 2.20. The number of hydrogen-bond donors (Lipinski definition) is 1. The summed E-state index contributed by atoms with van der Waals surface area (Å²) in [6.07, 6.45) is 9.98. The van der Waals surface area contributed by atoms with E-state index in [1.54, 1.807) is 0 Å². The summed E-state index contributed by atoms with van der Waals surface area (Å²) in [6, 6.07) is 0.676. The standard InChI is InChI=1S/C13H22N2/c1-4-9-15-10-6-13(7-11-15)14-8-5-12(2)3/h1,5,13-14H,6-11H2,2-3H3. The molecule has 1 heterocycles. The smallest absolute Gasteiger partial charge is 0.0598 e. The monoisotopic (exact) mass is 206 g/mol. The van der Waals surface area contributed by atoms with Gasteiger partial charge in [-0.2, -0.15) is 0 Å². The van der Waals surface area contributed by atoms with Gasteiger partial charge < -0.3 is 5.32 Å². The first-order valence-corrected chi connectivity index (χ1v) is 5.75. The highest BCUT2D eigenvalue weighted by atomic mass is 15.1. The molecule has 1 aliphatic heterocycles. The SMILES string of the molecule is C#CCN1CCC(NCC=C(C)C)CC1. The van der Waals surface area contributed by atoms with E-state index < -0.39 is 0 Å². The molecule has 1 fully saturated rings. The molecule has 0 radical (unpaired) electrons. The first kappa shape index (κ1) is 12.3. The Morgan fingerprint density at radius 3 is 2.67 bits per heavy atom. The predicted octanol–water partition coefficient (Wildman–Crippen LogP) is 1.64.